The Hall–Kier alpha value is -2.21. The molecule has 5 heteroatoms. The molecule has 1 aliphatic heterocycles. The Kier molecular flexibility index (Phi) is 5.49. The van der Waals surface area contributed by atoms with Gasteiger partial charge in [-0.2, -0.15) is 0 Å². The summed E-state index contributed by atoms with van der Waals surface area (Å²) in [6.45, 7) is 5.33. The van der Waals surface area contributed by atoms with E-state index in [2.05, 4.69) is 33.9 Å². The van der Waals surface area contributed by atoms with Gasteiger partial charge in [0.1, 0.15) is 0 Å². The van der Waals surface area contributed by atoms with E-state index >= 15 is 0 Å². The van der Waals surface area contributed by atoms with E-state index in [-0.39, 0.29) is 0 Å². The van der Waals surface area contributed by atoms with Crippen molar-refractivity contribution in [1.82, 2.24) is 9.62 Å². The molecular formula is C23H26N2O2S. The van der Waals surface area contributed by atoms with Crippen LogP contribution in [0.2, 0.25) is 0 Å². The summed E-state index contributed by atoms with van der Waals surface area (Å²) in [5, 5.41) is 1.76. The van der Waals surface area contributed by atoms with E-state index in [4.69, 9.17) is 0 Å². The molecule has 0 fully saturated rings. The summed E-state index contributed by atoms with van der Waals surface area (Å²) in [4.78, 5) is 2.76. The first-order chi connectivity index (χ1) is 13.5. The van der Waals surface area contributed by atoms with Gasteiger partial charge in [-0.05, 0) is 54.5 Å². The Balaban J connectivity index is 1.37. The van der Waals surface area contributed by atoms with E-state index in [1.807, 2.05) is 37.3 Å². The van der Waals surface area contributed by atoms with Gasteiger partial charge in [0.2, 0.25) is 10.0 Å². The van der Waals surface area contributed by atoms with Crippen LogP contribution in [0.4, 0.5) is 0 Å². The maximum Gasteiger partial charge on any atom is 0.241 e. The van der Waals surface area contributed by atoms with E-state index in [0.29, 0.717) is 11.4 Å². The Morgan fingerprint density at radius 2 is 1.64 bits per heavy atom. The van der Waals surface area contributed by atoms with Crippen LogP contribution in [0.1, 0.15) is 23.1 Å². The monoisotopic (exact) mass is 394 g/mol. The molecule has 3 aromatic rings. The van der Waals surface area contributed by atoms with Gasteiger partial charge < -0.3 is 0 Å². The minimum Gasteiger partial charge on any atom is -0.299 e. The lowest BCUT2D eigenvalue weighted by Gasteiger charge is -2.28. The first kappa shape index (κ1) is 19.1. The maximum atomic E-state index is 12.8. The molecule has 0 spiro atoms. The molecule has 0 atom stereocenters. The van der Waals surface area contributed by atoms with Gasteiger partial charge in [0, 0.05) is 25.0 Å². The number of nitrogens with one attached hydrogen (secondary N) is 1. The molecule has 4 rings (SSSR count). The summed E-state index contributed by atoms with van der Waals surface area (Å²) < 4.78 is 28.5. The van der Waals surface area contributed by atoms with Crippen molar-refractivity contribution in [3.8, 4) is 0 Å². The van der Waals surface area contributed by atoms with Crippen molar-refractivity contribution >= 4 is 20.8 Å². The van der Waals surface area contributed by atoms with E-state index < -0.39 is 10.0 Å². The van der Waals surface area contributed by atoms with Crippen LogP contribution in [0.25, 0.3) is 10.8 Å². The number of hydrogen-bond acceptors (Lipinski definition) is 3. The summed E-state index contributed by atoms with van der Waals surface area (Å²) in [7, 11) is -3.52. The maximum absolute atomic E-state index is 12.8. The zero-order valence-electron chi connectivity index (χ0n) is 16.2. The predicted octanol–water partition coefficient (Wildman–Crippen LogP) is 3.87. The predicted molar refractivity (Wildman–Crippen MR) is 114 cm³/mol. The molecule has 0 amide bonds. The number of fused-ring (bicyclic) bond motifs is 2. The average Bonchev–Trinajstić information content (AvgIpc) is 2.71. The standard InChI is InChI=1S/C23H26N2O2S/c1-18-11-12-23(22-10-5-4-9-21(18)22)28(26,27)24-14-6-15-25-16-13-19-7-2-3-8-20(19)17-25/h2-5,7-12,24H,6,13-17H2,1H3. The quantitative estimate of drug-likeness (QED) is 0.646. The fraction of sp³-hybridized carbons (Fsp3) is 0.304. The summed E-state index contributed by atoms with van der Waals surface area (Å²) >= 11 is 0. The molecular weight excluding hydrogens is 368 g/mol. The highest BCUT2D eigenvalue weighted by molar-refractivity contribution is 7.89. The smallest absolute Gasteiger partial charge is 0.241 e. The number of benzene rings is 3. The van der Waals surface area contributed by atoms with E-state index in [1.165, 1.54) is 11.1 Å². The molecule has 0 bridgehead atoms. The Morgan fingerprint density at radius 3 is 2.46 bits per heavy atom. The molecule has 1 heterocycles. The molecule has 0 aromatic heterocycles. The van der Waals surface area contributed by atoms with Gasteiger partial charge >= 0.3 is 0 Å². The highest BCUT2D eigenvalue weighted by atomic mass is 32.2. The van der Waals surface area contributed by atoms with Gasteiger partial charge in [-0.3, -0.25) is 4.90 Å². The Morgan fingerprint density at radius 1 is 0.929 bits per heavy atom. The summed E-state index contributed by atoms with van der Waals surface area (Å²) in [5.74, 6) is 0. The van der Waals surface area contributed by atoms with Crippen molar-refractivity contribution in [3.05, 3.63) is 77.4 Å². The highest BCUT2D eigenvalue weighted by Crippen LogP contribution is 2.25. The summed E-state index contributed by atoms with van der Waals surface area (Å²) in [6, 6.07) is 19.8. The number of sulfonamides is 1. The van der Waals surface area contributed by atoms with Crippen LogP contribution >= 0.6 is 0 Å². The summed E-state index contributed by atoms with van der Waals surface area (Å²) in [5.41, 5.74) is 3.91. The first-order valence-corrected chi connectivity index (χ1v) is 11.3. The number of nitrogens with zero attached hydrogens (tertiary/aromatic N) is 1. The second kappa shape index (κ2) is 8.03. The van der Waals surface area contributed by atoms with Crippen molar-refractivity contribution in [3.63, 3.8) is 0 Å². The largest absolute Gasteiger partial charge is 0.299 e. The van der Waals surface area contributed by atoms with Gasteiger partial charge in [0.05, 0.1) is 4.90 Å². The number of aryl methyl sites for hydroxylation is 1. The molecule has 146 valence electrons. The topological polar surface area (TPSA) is 49.4 Å². The van der Waals surface area contributed by atoms with Gasteiger partial charge in [0.25, 0.3) is 0 Å². The third kappa shape index (κ3) is 3.97. The molecule has 3 aromatic carbocycles. The van der Waals surface area contributed by atoms with Crippen LogP contribution in [0.5, 0.6) is 0 Å². The van der Waals surface area contributed by atoms with Crippen molar-refractivity contribution in [2.45, 2.75) is 31.2 Å². The normalized spacial score (nSPS) is 14.9. The molecule has 0 saturated heterocycles. The van der Waals surface area contributed by atoms with Crippen molar-refractivity contribution in [1.29, 1.82) is 0 Å². The fourth-order valence-corrected chi connectivity index (χ4v) is 5.27. The van der Waals surface area contributed by atoms with Crippen LogP contribution < -0.4 is 4.72 Å². The molecule has 1 aliphatic rings. The number of hydrogen-bond donors (Lipinski definition) is 1. The molecule has 4 nitrogen and oxygen atoms in total. The average molecular weight is 395 g/mol. The zero-order valence-corrected chi connectivity index (χ0v) is 17.0. The van der Waals surface area contributed by atoms with Gasteiger partial charge in [-0.25, -0.2) is 13.1 Å². The van der Waals surface area contributed by atoms with E-state index in [0.717, 1.165) is 48.8 Å². The zero-order chi connectivity index (χ0) is 19.6. The minimum atomic E-state index is -3.52. The number of rotatable bonds is 6. The van der Waals surface area contributed by atoms with Gasteiger partial charge in [-0.15, -0.1) is 0 Å². The van der Waals surface area contributed by atoms with E-state index in [9.17, 15) is 8.42 Å². The lowest BCUT2D eigenvalue weighted by atomic mass is 10.00. The van der Waals surface area contributed by atoms with Crippen molar-refractivity contribution < 1.29 is 8.42 Å². The molecule has 0 aliphatic carbocycles. The fourth-order valence-electron chi connectivity index (χ4n) is 3.99. The molecule has 0 radical (unpaired) electrons. The van der Waals surface area contributed by atoms with Crippen LogP contribution in [-0.2, 0) is 23.0 Å². The van der Waals surface area contributed by atoms with Gasteiger partial charge in [0.15, 0.2) is 0 Å². The molecule has 0 saturated carbocycles. The Labute approximate surface area is 167 Å². The van der Waals surface area contributed by atoms with Crippen LogP contribution in [0.15, 0.2) is 65.6 Å². The van der Waals surface area contributed by atoms with Crippen LogP contribution in [-0.4, -0.2) is 33.0 Å². The molecule has 1 N–H and O–H groups in total. The summed E-state index contributed by atoms with van der Waals surface area (Å²) in [6.07, 6.45) is 1.86. The minimum absolute atomic E-state index is 0.362. The van der Waals surface area contributed by atoms with Crippen LogP contribution in [0.3, 0.4) is 0 Å². The lowest BCUT2D eigenvalue weighted by molar-refractivity contribution is 0.251. The SMILES string of the molecule is Cc1ccc(S(=O)(=O)NCCCN2CCc3ccccc3C2)c2ccccc12. The Bertz CT molecular complexity index is 1090. The van der Waals surface area contributed by atoms with E-state index in [1.54, 1.807) is 6.07 Å². The van der Waals surface area contributed by atoms with Crippen LogP contribution in [0, 0.1) is 6.92 Å². The first-order valence-electron chi connectivity index (χ1n) is 9.82. The highest BCUT2D eigenvalue weighted by Gasteiger charge is 2.18. The van der Waals surface area contributed by atoms with Gasteiger partial charge in [-0.1, -0.05) is 54.6 Å². The molecule has 0 unspecified atom stereocenters. The van der Waals surface area contributed by atoms with Crippen molar-refractivity contribution in [2.24, 2.45) is 0 Å². The van der Waals surface area contributed by atoms with Crippen molar-refractivity contribution in [2.75, 3.05) is 19.6 Å². The second-order valence-electron chi connectivity index (χ2n) is 7.47. The molecule has 28 heavy (non-hydrogen) atoms. The lowest BCUT2D eigenvalue weighted by Crippen LogP contribution is -2.33. The third-order valence-electron chi connectivity index (χ3n) is 5.54. The second-order valence-corrected chi connectivity index (χ2v) is 9.21. The third-order valence-corrected chi connectivity index (χ3v) is 7.06.